The molecule has 0 amide bonds. The molecule has 6 atom stereocenters. The molecule has 1 fully saturated rings. The highest BCUT2D eigenvalue weighted by atomic mass is 31.2. The monoisotopic (exact) mass is 597 g/mol. The average molecular weight is 598 g/mol. The molecule has 1 aliphatic heterocycles. The smallest absolute Gasteiger partial charge is 0.407 e. The van der Waals surface area contributed by atoms with Crippen LogP contribution in [-0.4, -0.2) is 76.2 Å². The van der Waals surface area contributed by atoms with E-state index in [1.165, 1.54) is 26.8 Å². The van der Waals surface area contributed by atoms with Crippen molar-refractivity contribution < 1.29 is 51.3 Å². The van der Waals surface area contributed by atoms with Crippen LogP contribution in [0.1, 0.15) is 60.4 Å². The molecule has 0 radical (unpaired) electrons. The summed E-state index contributed by atoms with van der Waals surface area (Å²) >= 11 is 0. The van der Waals surface area contributed by atoms with Crippen molar-refractivity contribution in [1.82, 2.24) is 14.6 Å². The van der Waals surface area contributed by atoms with Gasteiger partial charge in [-0.05, 0) is 53.0 Å². The van der Waals surface area contributed by atoms with Crippen LogP contribution >= 0.6 is 7.75 Å². The molecular formula is C24H38F2N3O10P. The highest BCUT2D eigenvalue weighted by Gasteiger charge is 2.60. The molecule has 0 saturated carbocycles. The van der Waals surface area contributed by atoms with Crippen LogP contribution in [0.3, 0.4) is 0 Å². The van der Waals surface area contributed by atoms with Crippen molar-refractivity contribution in [3.05, 3.63) is 28.4 Å². The fraction of sp³-hybridized carbons (Fsp3) is 0.750. The Bertz CT molecular complexity index is 1130. The van der Waals surface area contributed by atoms with Gasteiger partial charge in [0, 0.05) is 11.9 Å². The van der Waals surface area contributed by atoms with Gasteiger partial charge < -0.3 is 19.3 Å². The van der Waals surface area contributed by atoms with E-state index in [1.54, 1.807) is 13.8 Å². The number of hydrogen-bond donors (Lipinski definition) is 2. The first-order valence-electron chi connectivity index (χ1n) is 12.9. The molecule has 1 aromatic rings. The summed E-state index contributed by atoms with van der Waals surface area (Å²) in [6.07, 6.45) is -6.93. The van der Waals surface area contributed by atoms with Gasteiger partial charge in [0.25, 0.3) is 0 Å². The Hall–Kier alpha value is -2.29. The maximum atomic E-state index is 15.0. The van der Waals surface area contributed by atoms with Crippen molar-refractivity contribution in [2.24, 2.45) is 5.92 Å². The zero-order chi connectivity index (χ0) is 30.4. The van der Waals surface area contributed by atoms with E-state index >= 15 is 8.78 Å². The number of rotatable bonds is 14. The van der Waals surface area contributed by atoms with Gasteiger partial charge >= 0.3 is 31.3 Å². The van der Waals surface area contributed by atoms with Crippen LogP contribution in [0.15, 0.2) is 17.1 Å². The third-order valence-corrected chi connectivity index (χ3v) is 7.30. The van der Waals surface area contributed by atoms with Crippen molar-refractivity contribution in [3.8, 4) is 0 Å². The number of aliphatic hydroxyl groups is 1. The molecule has 0 spiro atoms. The van der Waals surface area contributed by atoms with E-state index in [2.05, 4.69) is 10.1 Å². The quantitative estimate of drug-likeness (QED) is 0.238. The Balaban J connectivity index is 2.25. The first-order valence-corrected chi connectivity index (χ1v) is 14.4. The van der Waals surface area contributed by atoms with Gasteiger partial charge in [0.1, 0.15) is 12.1 Å². The molecule has 2 unspecified atom stereocenters. The van der Waals surface area contributed by atoms with E-state index in [0.717, 1.165) is 6.20 Å². The third kappa shape index (κ3) is 8.85. The summed E-state index contributed by atoms with van der Waals surface area (Å²) in [4.78, 5) is 40.6. The Kier molecular flexibility index (Phi) is 11.9. The van der Waals surface area contributed by atoms with Crippen molar-refractivity contribution in [2.75, 3.05) is 13.2 Å². The number of alkyl halides is 2. The molecule has 0 aromatic carbocycles. The summed E-state index contributed by atoms with van der Waals surface area (Å²) in [5.74, 6) is -5.53. The number of halogens is 2. The summed E-state index contributed by atoms with van der Waals surface area (Å²) in [6.45, 7) is 10.1. The average Bonchev–Trinajstić information content (AvgIpc) is 3.05. The van der Waals surface area contributed by atoms with Gasteiger partial charge in [-0.25, -0.2) is 19.2 Å². The molecular weight excluding hydrogens is 559 g/mol. The molecule has 1 aliphatic rings. The highest BCUT2D eigenvalue weighted by molar-refractivity contribution is 7.51. The van der Waals surface area contributed by atoms with E-state index < -0.39 is 74.6 Å². The lowest BCUT2D eigenvalue weighted by molar-refractivity contribution is -0.151. The minimum absolute atomic E-state index is 0.00646. The largest absolute Gasteiger partial charge is 0.464 e. The normalized spacial score (nSPS) is 23.6. The van der Waals surface area contributed by atoms with E-state index in [0.29, 0.717) is 16.7 Å². The van der Waals surface area contributed by atoms with E-state index in [1.807, 2.05) is 13.8 Å². The van der Waals surface area contributed by atoms with Crippen molar-refractivity contribution >= 4 is 19.7 Å². The number of carbonyl (C=O) groups excluding carboxylic acids is 2. The second-order valence-electron chi connectivity index (χ2n) is 9.98. The van der Waals surface area contributed by atoms with Crippen LogP contribution in [0.5, 0.6) is 0 Å². The van der Waals surface area contributed by atoms with Crippen LogP contribution in [-0.2, 0) is 43.8 Å². The van der Waals surface area contributed by atoms with E-state index in [9.17, 15) is 24.1 Å². The van der Waals surface area contributed by atoms with Crippen LogP contribution in [0, 0.1) is 5.92 Å². The molecule has 40 heavy (non-hydrogen) atoms. The maximum absolute atomic E-state index is 15.0. The Labute approximate surface area is 231 Å². The van der Waals surface area contributed by atoms with Crippen LogP contribution in [0.2, 0.25) is 0 Å². The number of aromatic nitrogens is 2. The van der Waals surface area contributed by atoms with Crippen molar-refractivity contribution in [1.29, 1.82) is 0 Å². The number of aliphatic hydroxyl groups excluding tert-OH is 1. The Morgan fingerprint density at radius 2 is 1.88 bits per heavy atom. The lowest BCUT2D eigenvalue weighted by Crippen LogP contribution is -2.42. The summed E-state index contributed by atoms with van der Waals surface area (Å²) in [7, 11) is -4.62. The molecule has 16 heteroatoms. The molecule has 2 rings (SSSR count). The summed E-state index contributed by atoms with van der Waals surface area (Å²) in [5, 5.41) is 12.6. The number of carbonyl (C=O) groups is 2. The minimum atomic E-state index is -4.62. The fourth-order valence-corrected chi connectivity index (χ4v) is 5.29. The van der Waals surface area contributed by atoms with Gasteiger partial charge in [0.05, 0.1) is 19.3 Å². The number of hydrogen-bond acceptors (Lipinski definition) is 11. The first-order chi connectivity index (χ1) is 18.5. The predicted octanol–water partition coefficient (Wildman–Crippen LogP) is 2.36. The third-order valence-electron chi connectivity index (χ3n) is 5.52. The van der Waals surface area contributed by atoms with Crippen molar-refractivity contribution in [2.45, 2.75) is 97.5 Å². The number of nitrogens with one attached hydrogen (secondary N) is 1. The van der Waals surface area contributed by atoms with E-state index in [-0.39, 0.29) is 12.5 Å². The molecule has 0 bridgehead atoms. The number of esters is 2. The summed E-state index contributed by atoms with van der Waals surface area (Å²) < 4.78 is 69.8. The maximum Gasteiger partial charge on any atom is 0.407 e. The summed E-state index contributed by atoms with van der Waals surface area (Å²) in [6, 6.07) is 0.123. The molecule has 0 aliphatic carbocycles. The van der Waals surface area contributed by atoms with E-state index in [4.69, 9.17) is 23.3 Å². The molecule has 1 aromatic heterocycles. The lowest BCUT2D eigenvalue weighted by Gasteiger charge is -2.26. The Morgan fingerprint density at radius 1 is 1.23 bits per heavy atom. The van der Waals surface area contributed by atoms with Crippen molar-refractivity contribution in [3.63, 3.8) is 0 Å². The van der Waals surface area contributed by atoms with Crippen LogP contribution in [0.4, 0.5) is 8.78 Å². The SMILES string of the molecule is CCOC(=O)C(C)OP(=O)(N[C@@H](C)C(=O)OC(C)C)OC[C@H]1O[C@@H](n2ccc(CC(C)C)nc2=O)C(F)(F)[C@@H]1O. The number of ether oxygens (including phenoxy) is 3. The fourth-order valence-electron chi connectivity index (χ4n) is 3.67. The second kappa shape index (κ2) is 14.1. The van der Waals surface area contributed by atoms with Crippen LogP contribution in [0.25, 0.3) is 0 Å². The topological polar surface area (TPSA) is 165 Å². The van der Waals surface area contributed by atoms with Gasteiger partial charge in [-0.2, -0.15) is 13.8 Å². The van der Waals surface area contributed by atoms with Gasteiger partial charge in [0.15, 0.2) is 12.2 Å². The predicted molar refractivity (Wildman–Crippen MR) is 136 cm³/mol. The zero-order valence-corrected chi connectivity index (χ0v) is 24.4. The highest BCUT2D eigenvalue weighted by Crippen LogP contribution is 2.48. The molecule has 13 nitrogen and oxygen atoms in total. The Morgan fingerprint density at radius 3 is 2.42 bits per heavy atom. The van der Waals surface area contributed by atoms with Gasteiger partial charge in [-0.1, -0.05) is 13.8 Å². The molecule has 228 valence electrons. The lowest BCUT2D eigenvalue weighted by atomic mass is 10.1. The van der Waals surface area contributed by atoms with Gasteiger partial charge in [-0.15, -0.1) is 0 Å². The summed E-state index contributed by atoms with van der Waals surface area (Å²) in [5.41, 5.74) is -0.601. The standard InChI is InChI=1S/C24H38F2N3O10P/c1-8-35-21(32)16(7)39-40(34,28-15(6)20(31)37-14(4)5)36-12-18-19(30)24(25,26)22(38-18)29-10-9-17(11-13(2)3)27-23(29)33/h9-10,13-16,18-19,22,30H,8,11-12H2,1-7H3,(H,28,34)/t15-,16?,18+,19+,22+,40?/m0/s1. The van der Waals surface area contributed by atoms with Crippen LogP contribution < -0.4 is 10.8 Å². The zero-order valence-electron chi connectivity index (χ0n) is 23.5. The van der Waals surface area contributed by atoms with Gasteiger partial charge in [0.2, 0.25) is 6.23 Å². The molecule has 2 N–H and O–H groups in total. The van der Waals surface area contributed by atoms with Gasteiger partial charge in [-0.3, -0.25) is 18.4 Å². The first kappa shape index (κ1) is 33.9. The number of nitrogens with zero attached hydrogens (tertiary/aromatic N) is 2. The molecule has 1 saturated heterocycles. The second-order valence-corrected chi connectivity index (χ2v) is 11.7. The minimum Gasteiger partial charge on any atom is -0.464 e. The molecule has 2 heterocycles.